The number of ketones is 2. The number of azo groups is 2. The predicted molar refractivity (Wildman–Crippen MR) is 215 cm³/mol. The maximum absolute atomic E-state index is 13.1. The topological polar surface area (TPSA) is 179 Å². The number of rotatable bonds is 19. The number of anilines is 2. The number of amides is 2. The summed E-state index contributed by atoms with van der Waals surface area (Å²) in [6.07, 6.45) is 0. The first-order chi connectivity index (χ1) is 26.8. The molecule has 16 heteroatoms. The Labute approximate surface area is 334 Å². The molecule has 0 aromatic heterocycles. The molecule has 4 aromatic carbocycles. The number of carbonyl (C=O) groups excluding carboxylic acids is 4. The maximum atomic E-state index is 13.1. The Hall–Kier alpha value is -5.86. The fourth-order valence-corrected chi connectivity index (χ4v) is 5.72. The highest BCUT2D eigenvalue weighted by Crippen LogP contribution is 2.37. The summed E-state index contributed by atoms with van der Waals surface area (Å²) < 4.78 is 22.2. The third-order valence-electron chi connectivity index (χ3n) is 7.58. The molecule has 4 aromatic rings. The molecule has 14 nitrogen and oxygen atoms in total. The lowest BCUT2D eigenvalue weighted by atomic mass is 10.0. The Morgan fingerprint density at radius 3 is 1.12 bits per heavy atom. The van der Waals surface area contributed by atoms with Crippen LogP contribution in [0.25, 0.3) is 11.1 Å². The molecule has 0 aliphatic rings. The Morgan fingerprint density at radius 2 is 0.857 bits per heavy atom. The number of ether oxygens (including phenoxy) is 4. The Morgan fingerprint density at radius 1 is 0.536 bits per heavy atom. The van der Waals surface area contributed by atoms with Crippen LogP contribution in [-0.4, -0.2) is 61.9 Å². The predicted octanol–water partition coefficient (Wildman–Crippen LogP) is 9.62. The van der Waals surface area contributed by atoms with Gasteiger partial charge in [-0.1, -0.05) is 35.3 Å². The number of nitrogens with zero attached hydrogens (tertiary/aromatic N) is 4. The molecule has 294 valence electrons. The van der Waals surface area contributed by atoms with Gasteiger partial charge in [0.25, 0.3) is 11.8 Å². The fraction of sp³-hybridized carbons (Fsp3) is 0.300. The fourth-order valence-electron chi connectivity index (χ4n) is 5.16. The standard InChI is InChI=1S/C40H42Cl2N6O8/c1-7-53-29-15-27(16-30(21-29)54-8-2)43-39(51)37(23(5)49)47-45-25-11-13-33(35(41)19-25)34-14-12-26(20-36(34)42)46-48-38(24(6)50)40(52)44-28-17-31(55-9-3)22-32(18-28)56-10-4/h11-22,37-38H,7-10H2,1-6H3,(H,43,51)(H,44,52). The van der Waals surface area contributed by atoms with Crippen molar-refractivity contribution in [2.24, 2.45) is 20.5 Å². The monoisotopic (exact) mass is 804 g/mol. The van der Waals surface area contributed by atoms with Crippen molar-refractivity contribution in [2.75, 3.05) is 37.1 Å². The van der Waals surface area contributed by atoms with E-state index in [4.69, 9.17) is 42.1 Å². The lowest BCUT2D eigenvalue weighted by Gasteiger charge is -2.13. The van der Waals surface area contributed by atoms with E-state index in [1.807, 2.05) is 27.7 Å². The number of carbonyl (C=O) groups is 4. The molecule has 0 saturated carbocycles. The van der Waals surface area contributed by atoms with E-state index >= 15 is 0 Å². The van der Waals surface area contributed by atoms with Crippen molar-refractivity contribution in [2.45, 2.75) is 53.6 Å². The average molecular weight is 806 g/mol. The van der Waals surface area contributed by atoms with Crippen LogP contribution in [0.1, 0.15) is 41.5 Å². The minimum atomic E-state index is -1.44. The zero-order valence-electron chi connectivity index (χ0n) is 31.7. The van der Waals surface area contributed by atoms with Crippen LogP contribution >= 0.6 is 23.2 Å². The van der Waals surface area contributed by atoms with Crippen LogP contribution in [0, 0.1) is 0 Å². The van der Waals surface area contributed by atoms with Gasteiger partial charge in [0.2, 0.25) is 12.1 Å². The molecule has 0 saturated heterocycles. The number of nitrogens with one attached hydrogen (secondary N) is 2. The molecule has 0 radical (unpaired) electrons. The van der Waals surface area contributed by atoms with Crippen molar-refractivity contribution >= 4 is 69.3 Å². The van der Waals surface area contributed by atoms with E-state index in [9.17, 15) is 19.2 Å². The molecule has 0 fully saturated rings. The van der Waals surface area contributed by atoms with E-state index in [-0.39, 0.29) is 21.4 Å². The third-order valence-corrected chi connectivity index (χ3v) is 8.20. The number of benzene rings is 4. The highest BCUT2D eigenvalue weighted by molar-refractivity contribution is 6.36. The number of halogens is 2. The molecular formula is C40H42Cl2N6O8. The summed E-state index contributed by atoms with van der Waals surface area (Å²) in [5.41, 5.74) is 2.38. The van der Waals surface area contributed by atoms with Crippen LogP contribution in [0.3, 0.4) is 0 Å². The largest absolute Gasteiger partial charge is 0.494 e. The second-order valence-corrected chi connectivity index (χ2v) is 12.7. The summed E-state index contributed by atoms with van der Waals surface area (Å²) in [6.45, 7) is 11.4. The molecule has 0 bridgehead atoms. The molecule has 2 N–H and O–H groups in total. The van der Waals surface area contributed by atoms with Crippen LogP contribution in [0.4, 0.5) is 22.7 Å². The molecule has 2 unspecified atom stereocenters. The van der Waals surface area contributed by atoms with Crippen LogP contribution < -0.4 is 29.6 Å². The number of hydrogen-bond donors (Lipinski definition) is 2. The maximum Gasteiger partial charge on any atom is 0.258 e. The summed E-state index contributed by atoms with van der Waals surface area (Å²) in [5.74, 6) is -0.478. The first kappa shape index (κ1) is 42.9. The highest BCUT2D eigenvalue weighted by Gasteiger charge is 2.25. The van der Waals surface area contributed by atoms with E-state index in [1.165, 1.54) is 26.0 Å². The van der Waals surface area contributed by atoms with Crippen LogP contribution in [0.5, 0.6) is 23.0 Å². The van der Waals surface area contributed by atoms with Gasteiger partial charge in [0.05, 0.1) is 47.8 Å². The molecule has 4 rings (SSSR count). The quantitative estimate of drug-likeness (QED) is 0.0695. The van der Waals surface area contributed by atoms with E-state index in [0.717, 1.165) is 0 Å². The molecule has 56 heavy (non-hydrogen) atoms. The van der Waals surface area contributed by atoms with Gasteiger partial charge in [0.15, 0.2) is 11.6 Å². The first-order valence-corrected chi connectivity index (χ1v) is 18.5. The minimum absolute atomic E-state index is 0.256. The molecule has 0 aliphatic carbocycles. The molecular weight excluding hydrogens is 763 g/mol. The van der Waals surface area contributed by atoms with Crippen LogP contribution in [0.2, 0.25) is 10.0 Å². The molecule has 0 aliphatic heterocycles. The molecule has 2 atom stereocenters. The SMILES string of the molecule is CCOc1cc(NC(=O)C(N=Nc2ccc(-c3ccc(N=NC(C(C)=O)C(=O)Nc4cc(OCC)cc(OCC)c4)cc3Cl)c(Cl)c2)C(C)=O)cc(OCC)c1. The van der Waals surface area contributed by atoms with Crippen molar-refractivity contribution in [1.82, 2.24) is 0 Å². The lowest BCUT2D eigenvalue weighted by molar-refractivity contribution is -0.127. The zero-order valence-corrected chi connectivity index (χ0v) is 33.2. The minimum Gasteiger partial charge on any atom is -0.494 e. The third kappa shape index (κ3) is 12.1. The van der Waals surface area contributed by atoms with Gasteiger partial charge in [0.1, 0.15) is 23.0 Å². The van der Waals surface area contributed by atoms with E-state index in [2.05, 4.69) is 31.1 Å². The van der Waals surface area contributed by atoms with Crippen molar-refractivity contribution in [3.63, 3.8) is 0 Å². The summed E-state index contributed by atoms with van der Waals surface area (Å²) in [5, 5.41) is 22.1. The van der Waals surface area contributed by atoms with Gasteiger partial charge in [-0.15, -0.1) is 0 Å². The van der Waals surface area contributed by atoms with E-state index < -0.39 is 35.5 Å². The van der Waals surface area contributed by atoms with Gasteiger partial charge in [-0.05, 0) is 65.8 Å². The van der Waals surface area contributed by atoms with Gasteiger partial charge in [-0.25, -0.2) is 0 Å². The van der Waals surface area contributed by atoms with Crippen molar-refractivity contribution < 1.29 is 38.1 Å². The number of hydrogen-bond acceptors (Lipinski definition) is 12. The smallest absolute Gasteiger partial charge is 0.258 e. The van der Waals surface area contributed by atoms with Crippen LogP contribution in [-0.2, 0) is 19.2 Å². The normalized spacial score (nSPS) is 12.2. The Balaban J connectivity index is 1.47. The Kier molecular flexibility index (Phi) is 15.9. The second-order valence-electron chi connectivity index (χ2n) is 11.9. The van der Waals surface area contributed by atoms with Gasteiger partial charge in [0, 0.05) is 58.9 Å². The van der Waals surface area contributed by atoms with E-state index in [0.29, 0.717) is 71.9 Å². The summed E-state index contributed by atoms with van der Waals surface area (Å²) in [7, 11) is 0. The van der Waals surface area contributed by atoms with E-state index in [1.54, 1.807) is 60.7 Å². The summed E-state index contributed by atoms with van der Waals surface area (Å²) >= 11 is 13.3. The van der Waals surface area contributed by atoms with Gasteiger partial charge < -0.3 is 29.6 Å². The highest BCUT2D eigenvalue weighted by atomic mass is 35.5. The summed E-state index contributed by atoms with van der Waals surface area (Å²) in [4.78, 5) is 51.1. The molecule has 0 heterocycles. The molecule has 2 amide bonds. The van der Waals surface area contributed by atoms with Crippen LogP contribution in [0.15, 0.2) is 93.3 Å². The molecule has 0 spiro atoms. The lowest BCUT2D eigenvalue weighted by Crippen LogP contribution is -2.31. The Bertz CT molecular complexity index is 1930. The average Bonchev–Trinajstić information content (AvgIpc) is 3.12. The van der Waals surface area contributed by atoms with Gasteiger partial charge in [-0.3, -0.25) is 19.2 Å². The van der Waals surface area contributed by atoms with Crippen molar-refractivity contribution in [1.29, 1.82) is 0 Å². The second kappa shape index (κ2) is 20.7. The summed E-state index contributed by atoms with van der Waals surface area (Å²) in [6, 6.07) is 16.5. The zero-order chi connectivity index (χ0) is 40.8. The van der Waals surface area contributed by atoms with Gasteiger partial charge in [-0.2, -0.15) is 20.5 Å². The first-order valence-electron chi connectivity index (χ1n) is 17.7. The number of Topliss-reactive ketones (excluding diaryl/α,β-unsaturated/α-hetero) is 2. The van der Waals surface area contributed by atoms with Crippen molar-refractivity contribution in [3.05, 3.63) is 82.8 Å². The van der Waals surface area contributed by atoms with Gasteiger partial charge >= 0.3 is 0 Å². The van der Waals surface area contributed by atoms with Crippen molar-refractivity contribution in [3.8, 4) is 34.1 Å².